The average Bonchev–Trinajstić information content (AvgIpc) is 2.60. The highest BCUT2D eigenvalue weighted by molar-refractivity contribution is 6.04. The highest BCUT2D eigenvalue weighted by Crippen LogP contribution is 2.33. The second-order valence-corrected chi connectivity index (χ2v) is 5.03. The zero-order chi connectivity index (χ0) is 19.3. The van der Waals surface area contributed by atoms with E-state index in [1.165, 1.54) is 26.4 Å². The smallest absolute Gasteiger partial charge is 0.262 e. The Bertz CT molecular complexity index is 842. The zero-order valence-corrected chi connectivity index (χ0v) is 14.0. The third-order valence-electron chi connectivity index (χ3n) is 3.32. The monoisotopic (exact) mass is 366 g/mol. The quantitative estimate of drug-likeness (QED) is 0.782. The van der Waals surface area contributed by atoms with E-state index in [1.807, 2.05) is 0 Å². The molecule has 7 nitrogen and oxygen atoms in total. The summed E-state index contributed by atoms with van der Waals surface area (Å²) in [6.45, 7) is -0.574. The van der Waals surface area contributed by atoms with Crippen molar-refractivity contribution >= 4 is 17.5 Å². The Morgan fingerprint density at radius 3 is 2.27 bits per heavy atom. The van der Waals surface area contributed by atoms with E-state index in [4.69, 9.17) is 19.9 Å². The lowest BCUT2D eigenvalue weighted by Crippen LogP contribution is -2.23. The Morgan fingerprint density at radius 2 is 1.69 bits per heavy atom. The molecule has 0 heterocycles. The molecular weight excluding hydrogens is 350 g/mol. The number of nitrogens with two attached hydrogens (primary N) is 1. The molecule has 0 bridgehead atoms. The van der Waals surface area contributed by atoms with Gasteiger partial charge in [0.25, 0.3) is 11.8 Å². The third-order valence-corrected chi connectivity index (χ3v) is 3.32. The normalized spacial score (nSPS) is 10.2. The summed E-state index contributed by atoms with van der Waals surface area (Å²) in [5.74, 6) is -2.97. The second kappa shape index (κ2) is 8.15. The van der Waals surface area contributed by atoms with Crippen molar-refractivity contribution in [1.82, 2.24) is 0 Å². The van der Waals surface area contributed by atoms with E-state index < -0.39 is 30.1 Å². The molecule has 26 heavy (non-hydrogen) atoms. The van der Waals surface area contributed by atoms with Gasteiger partial charge in [-0.2, -0.15) is 0 Å². The van der Waals surface area contributed by atoms with E-state index in [2.05, 4.69) is 5.32 Å². The predicted molar refractivity (Wildman–Crippen MR) is 88.5 cm³/mol. The van der Waals surface area contributed by atoms with Gasteiger partial charge in [-0.3, -0.25) is 9.59 Å². The van der Waals surface area contributed by atoms with Crippen LogP contribution in [0.15, 0.2) is 30.3 Å². The molecule has 9 heteroatoms. The van der Waals surface area contributed by atoms with Crippen LogP contribution < -0.4 is 25.3 Å². The summed E-state index contributed by atoms with van der Waals surface area (Å²) < 4.78 is 41.5. The van der Waals surface area contributed by atoms with E-state index in [0.29, 0.717) is 6.07 Å². The summed E-state index contributed by atoms with van der Waals surface area (Å²) in [6.07, 6.45) is 0. The van der Waals surface area contributed by atoms with Crippen molar-refractivity contribution in [3.05, 3.63) is 47.5 Å². The van der Waals surface area contributed by atoms with Gasteiger partial charge in [0.15, 0.2) is 29.7 Å². The molecule has 0 unspecified atom stereocenters. The molecular formula is C17H16F2N2O5. The van der Waals surface area contributed by atoms with Crippen LogP contribution in [0.2, 0.25) is 0 Å². The van der Waals surface area contributed by atoms with Crippen LogP contribution in [0.3, 0.4) is 0 Å². The van der Waals surface area contributed by atoms with E-state index in [9.17, 15) is 18.4 Å². The fourth-order valence-corrected chi connectivity index (χ4v) is 2.11. The van der Waals surface area contributed by atoms with Crippen molar-refractivity contribution < 1.29 is 32.6 Å². The van der Waals surface area contributed by atoms with Crippen LogP contribution in [0.4, 0.5) is 14.5 Å². The molecule has 0 aromatic heterocycles. The molecule has 0 radical (unpaired) electrons. The number of halogens is 2. The van der Waals surface area contributed by atoms with Gasteiger partial charge in [0.1, 0.15) is 5.82 Å². The van der Waals surface area contributed by atoms with Gasteiger partial charge >= 0.3 is 0 Å². The molecule has 3 N–H and O–H groups in total. The van der Waals surface area contributed by atoms with E-state index in [1.54, 1.807) is 0 Å². The minimum absolute atomic E-state index is 0.0102. The summed E-state index contributed by atoms with van der Waals surface area (Å²) >= 11 is 0. The lowest BCUT2D eigenvalue weighted by Gasteiger charge is -2.14. The van der Waals surface area contributed by atoms with Crippen molar-refractivity contribution in [3.63, 3.8) is 0 Å². The third kappa shape index (κ3) is 4.38. The SMILES string of the molecule is COc1cc(NC(=O)COc2ccc(F)cc2F)c(C(N)=O)cc1OC. The van der Waals surface area contributed by atoms with Gasteiger partial charge in [0, 0.05) is 12.1 Å². The minimum Gasteiger partial charge on any atom is -0.493 e. The number of carbonyl (C=O) groups is 2. The number of hydrogen-bond acceptors (Lipinski definition) is 5. The molecule has 0 saturated heterocycles. The topological polar surface area (TPSA) is 99.9 Å². The van der Waals surface area contributed by atoms with Crippen LogP contribution in [0.1, 0.15) is 10.4 Å². The molecule has 0 aliphatic rings. The van der Waals surface area contributed by atoms with Crippen LogP contribution >= 0.6 is 0 Å². The molecule has 2 rings (SSSR count). The van der Waals surface area contributed by atoms with Crippen LogP contribution in [-0.4, -0.2) is 32.6 Å². The first-order valence-corrected chi connectivity index (χ1v) is 7.29. The number of anilines is 1. The Kier molecular flexibility index (Phi) is 5.94. The molecule has 0 fully saturated rings. The largest absolute Gasteiger partial charge is 0.493 e. The molecule has 0 atom stereocenters. The van der Waals surface area contributed by atoms with Crippen molar-refractivity contribution in [3.8, 4) is 17.2 Å². The standard InChI is InChI=1S/C17H16F2N2O5/c1-24-14-6-10(17(20)23)12(7-15(14)25-2)21-16(22)8-26-13-4-3-9(18)5-11(13)19/h3-7H,8H2,1-2H3,(H2,20,23)(H,21,22). The molecule has 0 saturated carbocycles. The zero-order valence-electron chi connectivity index (χ0n) is 14.0. The van der Waals surface area contributed by atoms with Crippen LogP contribution in [0.25, 0.3) is 0 Å². The molecule has 2 aromatic rings. The summed E-state index contributed by atoms with van der Waals surface area (Å²) in [7, 11) is 2.76. The molecule has 0 aliphatic carbocycles. The van der Waals surface area contributed by atoms with Crippen molar-refractivity contribution in [2.75, 3.05) is 26.1 Å². The van der Waals surface area contributed by atoms with E-state index in [-0.39, 0.29) is 28.5 Å². The first-order valence-electron chi connectivity index (χ1n) is 7.29. The minimum atomic E-state index is -0.943. The highest BCUT2D eigenvalue weighted by Gasteiger charge is 2.17. The molecule has 138 valence electrons. The predicted octanol–water partition coefficient (Wildman–Crippen LogP) is 2.10. The van der Waals surface area contributed by atoms with Crippen LogP contribution in [0, 0.1) is 11.6 Å². The van der Waals surface area contributed by atoms with Gasteiger partial charge in [-0.1, -0.05) is 0 Å². The molecule has 0 spiro atoms. The highest BCUT2D eigenvalue weighted by atomic mass is 19.1. The number of carbonyl (C=O) groups excluding carboxylic acids is 2. The molecule has 0 aliphatic heterocycles. The lowest BCUT2D eigenvalue weighted by molar-refractivity contribution is -0.118. The second-order valence-electron chi connectivity index (χ2n) is 5.03. The summed E-state index contributed by atoms with van der Waals surface area (Å²) in [4.78, 5) is 23.6. The fraction of sp³-hybridized carbons (Fsp3) is 0.176. The maximum Gasteiger partial charge on any atom is 0.262 e. The van der Waals surface area contributed by atoms with Gasteiger partial charge < -0.3 is 25.3 Å². The van der Waals surface area contributed by atoms with Gasteiger partial charge in [-0.25, -0.2) is 8.78 Å². The van der Waals surface area contributed by atoms with E-state index in [0.717, 1.165) is 12.1 Å². The lowest BCUT2D eigenvalue weighted by atomic mass is 10.1. The van der Waals surface area contributed by atoms with E-state index >= 15 is 0 Å². The van der Waals surface area contributed by atoms with Gasteiger partial charge in [0.05, 0.1) is 25.5 Å². The number of methoxy groups -OCH3 is 2. The number of hydrogen-bond donors (Lipinski definition) is 2. The van der Waals surface area contributed by atoms with Gasteiger partial charge in [-0.05, 0) is 18.2 Å². The maximum absolute atomic E-state index is 13.5. The number of ether oxygens (including phenoxy) is 3. The number of primary amides is 1. The Morgan fingerprint density at radius 1 is 1.04 bits per heavy atom. The number of nitrogens with one attached hydrogen (secondary N) is 1. The Hall–Kier alpha value is -3.36. The molecule has 2 amide bonds. The van der Waals surface area contributed by atoms with Crippen molar-refractivity contribution in [2.24, 2.45) is 5.73 Å². The number of amides is 2. The Balaban J connectivity index is 2.16. The first kappa shape index (κ1) is 19.0. The number of benzene rings is 2. The van der Waals surface area contributed by atoms with Crippen LogP contribution in [0.5, 0.6) is 17.2 Å². The summed E-state index contributed by atoms with van der Waals surface area (Å²) in [6, 6.07) is 5.36. The summed E-state index contributed by atoms with van der Waals surface area (Å²) in [5.41, 5.74) is 5.36. The summed E-state index contributed by atoms with van der Waals surface area (Å²) in [5, 5.41) is 2.42. The number of rotatable bonds is 7. The van der Waals surface area contributed by atoms with Gasteiger partial charge in [0.2, 0.25) is 0 Å². The average molecular weight is 366 g/mol. The first-order chi connectivity index (χ1) is 12.3. The van der Waals surface area contributed by atoms with Crippen molar-refractivity contribution in [2.45, 2.75) is 0 Å². The fourth-order valence-electron chi connectivity index (χ4n) is 2.11. The Labute approximate surface area is 147 Å². The van der Waals surface area contributed by atoms with Gasteiger partial charge in [-0.15, -0.1) is 0 Å². The maximum atomic E-state index is 13.5. The van der Waals surface area contributed by atoms with Crippen LogP contribution in [-0.2, 0) is 4.79 Å². The van der Waals surface area contributed by atoms with Crippen molar-refractivity contribution in [1.29, 1.82) is 0 Å². The molecule has 2 aromatic carbocycles.